The van der Waals surface area contributed by atoms with Gasteiger partial charge in [0.25, 0.3) is 0 Å². The van der Waals surface area contributed by atoms with Crippen LogP contribution in [0.15, 0.2) is 0 Å². The first-order valence-corrected chi connectivity index (χ1v) is 3.95. The van der Waals surface area contributed by atoms with Gasteiger partial charge in [-0.05, 0) is 19.8 Å². The average molecular weight is 146 g/mol. The molecule has 10 heavy (non-hydrogen) atoms. The third-order valence-electron chi connectivity index (χ3n) is 1.50. The summed E-state index contributed by atoms with van der Waals surface area (Å²) in [5, 5.41) is 0. The lowest BCUT2D eigenvalue weighted by Crippen LogP contribution is -2.13. The number of methoxy groups -OCH3 is 1. The maximum absolute atomic E-state index is 5.41. The predicted molar refractivity (Wildman–Crippen MR) is 42.2 cm³/mol. The molecule has 0 aliphatic carbocycles. The SMILES string of the molecule is CCO[C@H](CC)CCOC. The van der Waals surface area contributed by atoms with Gasteiger partial charge in [-0.3, -0.25) is 0 Å². The van der Waals surface area contributed by atoms with Crippen LogP contribution in [0.2, 0.25) is 0 Å². The van der Waals surface area contributed by atoms with Crippen LogP contribution in [0.4, 0.5) is 0 Å². The van der Waals surface area contributed by atoms with Crippen molar-refractivity contribution >= 4 is 0 Å². The van der Waals surface area contributed by atoms with Crippen LogP contribution in [0.5, 0.6) is 0 Å². The Kier molecular flexibility index (Phi) is 6.98. The molecule has 0 aliphatic heterocycles. The lowest BCUT2D eigenvalue weighted by molar-refractivity contribution is 0.0347. The molecule has 0 aromatic rings. The molecule has 0 unspecified atom stereocenters. The van der Waals surface area contributed by atoms with Crippen molar-refractivity contribution in [2.75, 3.05) is 20.3 Å². The van der Waals surface area contributed by atoms with Crippen LogP contribution < -0.4 is 0 Å². The molecule has 2 heteroatoms. The molecule has 2 nitrogen and oxygen atoms in total. The Morgan fingerprint density at radius 1 is 1.30 bits per heavy atom. The monoisotopic (exact) mass is 146 g/mol. The Bertz CT molecular complexity index is 64.3. The van der Waals surface area contributed by atoms with Crippen molar-refractivity contribution in [3.63, 3.8) is 0 Å². The molecular weight excluding hydrogens is 128 g/mol. The van der Waals surface area contributed by atoms with Gasteiger partial charge in [-0.1, -0.05) is 6.92 Å². The molecule has 0 radical (unpaired) electrons. The molecule has 1 atom stereocenters. The van der Waals surface area contributed by atoms with E-state index in [9.17, 15) is 0 Å². The highest BCUT2D eigenvalue weighted by molar-refractivity contribution is 4.53. The molecule has 0 fully saturated rings. The Labute approximate surface area is 63.5 Å². The van der Waals surface area contributed by atoms with Crippen molar-refractivity contribution in [2.45, 2.75) is 32.8 Å². The van der Waals surface area contributed by atoms with Gasteiger partial charge >= 0.3 is 0 Å². The van der Waals surface area contributed by atoms with Crippen molar-refractivity contribution in [3.05, 3.63) is 0 Å². The maximum atomic E-state index is 5.41. The Balaban J connectivity index is 3.21. The third kappa shape index (κ3) is 4.77. The molecule has 0 N–H and O–H groups in total. The smallest absolute Gasteiger partial charge is 0.0594 e. The Morgan fingerprint density at radius 2 is 2.00 bits per heavy atom. The van der Waals surface area contributed by atoms with E-state index in [1.54, 1.807) is 7.11 Å². The fourth-order valence-corrected chi connectivity index (χ4v) is 0.890. The van der Waals surface area contributed by atoms with Crippen LogP contribution in [-0.4, -0.2) is 26.4 Å². The summed E-state index contributed by atoms with van der Waals surface area (Å²) < 4.78 is 10.4. The Hall–Kier alpha value is -0.0800. The van der Waals surface area contributed by atoms with Crippen molar-refractivity contribution in [1.82, 2.24) is 0 Å². The minimum absolute atomic E-state index is 0.393. The number of rotatable bonds is 6. The first-order chi connectivity index (χ1) is 4.85. The molecule has 0 amide bonds. The summed E-state index contributed by atoms with van der Waals surface area (Å²) in [5.41, 5.74) is 0. The Morgan fingerprint density at radius 3 is 2.40 bits per heavy atom. The summed E-state index contributed by atoms with van der Waals surface area (Å²) in [6, 6.07) is 0. The van der Waals surface area contributed by atoms with E-state index in [4.69, 9.17) is 9.47 Å². The van der Waals surface area contributed by atoms with Crippen LogP contribution in [0.1, 0.15) is 26.7 Å². The van der Waals surface area contributed by atoms with Crippen molar-refractivity contribution < 1.29 is 9.47 Å². The summed E-state index contributed by atoms with van der Waals surface area (Å²) >= 11 is 0. The van der Waals surface area contributed by atoms with E-state index in [1.807, 2.05) is 6.92 Å². The third-order valence-corrected chi connectivity index (χ3v) is 1.50. The van der Waals surface area contributed by atoms with E-state index in [2.05, 4.69) is 6.92 Å². The molecule has 0 spiro atoms. The van der Waals surface area contributed by atoms with Crippen molar-refractivity contribution in [3.8, 4) is 0 Å². The fraction of sp³-hybridized carbons (Fsp3) is 1.00. The summed E-state index contributed by atoms with van der Waals surface area (Å²) in [6.45, 7) is 5.77. The molecule has 0 bridgehead atoms. The van der Waals surface area contributed by atoms with E-state index in [1.165, 1.54) is 0 Å². The minimum atomic E-state index is 0.393. The summed E-state index contributed by atoms with van der Waals surface area (Å²) in [4.78, 5) is 0. The normalized spacial score (nSPS) is 13.5. The largest absolute Gasteiger partial charge is 0.385 e. The molecule has 0 aliphatic rings. The highest BCUT2D eigenvalue weighted by Crippen LogP contribution is 2.02. The van der Waals surface area contributed by atoms with Gasteiger partial charge in [0.05, 0.1) is 6.10 Å². The minimum Gasteiger partial charge on any atom is -0.385 e. The fourth-order valence-electron chi connectivity index (χ4n) is 0.890. The van der Waals surface area contributed by atoms with Gasteiger partial charge in [-0.15, -0.1) is 0 Å². The second kappa shape index (κ2) is 7.03. The highest BCUT2D eigenvalue weighted by atomic mass is 16.5. The first-order valence-electron chi connectivity index (χ1n) is 3.95. The lowest BCUT2D eigenvalue weighted by atomic mass is 10.2. The van der Waals surface area contributed by atoms with Gasteiger partial charge < -0.3 is 9.47 Å². The molecule has 0 heterocycles. The molecular formula is C8H18O2. The van der Waals surface area contributed by atoms with E-state index in [-0.39, 0.29) is 0 Å². The maximum Gasteiger partial charge on any atom is 0.0594 e. The second-order valence-corrected chi connectivity index (χ2v) is 2.27. The molecule has 0 saturated carbocycles. The van der Waals surface area contributed by atoms with Gasteiger partial charge in [0, 0.05) is 20.3 Å². The van der Waals surface area contributed by atoms with Gasteiger partial charge in [-0.25, -0.2) is 0 Å². The van der Waals surface area contributed by atoms with E-state index >= 15 is 0 Å². The zero-order chi connectivity index (χ0) is 7.82. The zero-order valence-electron chi connectivity index (χ0n) is 7.22. The highest BCUT2D eigenvalue weighted by Gasteiger charge is 2.03. The molecule has 0 aromatic carbocycles. The van der Waals surface area contributed by atoms with Gasteiger partial charge in [0.1, 0.15) is 0 Å². The number of hydrogen-bond donors (Lipinski definition) is 0. The number of ether oxygens (including phenoxy) is 2. The lowest BCUT2D eigenvalue weighted by Gasteiger charge is -2.13. The standard InChI is InChI=1S/C8H18O2/c1-4-8(10-5-2)6-7-9-3/h8H,4-7H2,1-3H3/t8-/m1/s1. The topological polar surface area (TPSA) is 18.5 Å². The van der Waals surface area contributed by atoms with Crippen LogP contribution in [0.3, 0.4) is 0 Å². The van der Waals surface area contributed by atoms with Crippen LogP contribution in [0, 0.1) is 0 Å². The molecule has 0 saturated heterocycles. The van der Waals surface area contributed by atoms with Crippen LogP contribution in [0.25, 0.3) is 0 Å². The zero-order valence-corrected chi connectivity index (χ0v) is 7.22. The van der Waals surface area contributed by atoms with Crippen LogP contribution >= 0.6 is 0 Å². The second-order valence-electron chi connectivity index (χ2n) is 2.27. The van der Waals surface area contributed by atoms with E-state index < -0.39 is 0 Å². The number of hydrogen-bond acceptors (Lipinski definition) is 2. The molecule has 0 aromatic heterocycles. The molecule has 0 rings (SSSR count). The average Bonchev–Trinajstić information content (AvgIpc) is 1.98. The van der Waals surface area contributed by atoms with Gasteiger partial charge in [0.15, 0.2) is 0 Å². The van der Waals surface area contributed by atoms with Crippen molar-refractivity contribution in [1.29, 1.82) is 0 Å². The van der Waals surface area contributed by atoms with Gasteiger partial charge in [0.2, 0.25) is 0 Å². The van der Waals surface area contributed by atoms with Gasteiger partial charge in [-0.2, -0.15) is 0 Å². The van der Waals surface area contributed by atoms with Crippen molar-refractivity contribution in [2.24, 2.45) is 0 Å². The summed E-state index contributed by atoms with van der Waals surface area (Å²) in [6.07, 6.45) is 2.49. The summed E-state index contributed by atoms with van der Waals surface area (Å²) in [7, 11) is 1.72. The quantitative estimate of drug-likeness (QED) is 0.569. The van der Waals surface area contributed by atoms with E-state index in [0.29, 0.717) is 6.10 Å². The molecule has 62 valence electrons. The van der Waals surface area contributed by atoms with E-state index in [0.717, 1.165) is 26.1 Å². The van der Waals surface area contributed by atoms with Crippen LogP contribution in [-0.2, 0) is 9.47 Å². The first kappa shape index (κ1) is 9.92. The summed E-state index contributed by atoms with van der Waals surface area (Å²) in [5.74, 6) is 0. The predicted octanol–water partition coefficient (Wildman–Crippen LogP) is 1.84.